The third kappa shape index (κ3) is 10.0. The van der Waals surface area contributed by atoms with Gasteiger partial charge in [0.2, 0.25) is 11.8 Å². The van der Waals surface area contributed by atoms with E-state index in [-0.39, 0.29) is 18.2 Å². The smallest absolute Gasteiger partial charge is 0.228 e. The molecule has 16 heteroatoms. The molecule has 3 N–H and O–H groups in total. The summed E-state index contributed by atoms with van der Waals surface area (Å²) >= 11 is 7.91. The van der Waals surface area contributed by atoms with Gasteiger partial charge in [-0.1, -0.05) is 29.8 Å². The number of benzene rings is 3. The fourth-order valence-electron chi connectivity index (χ4n) is 7.33. The van der Waals surface area contributed by atoms with E-state index in [9.17, 15) is 9.59 Å². The minimum Gasteiger partial charge on any atom is -0.491 e. The zero-order chi connectivity index (χ0) is 43.0. The molecule has 0 saturated carbocycles. The van der Waals surface area contributed by atoms with Gasteiger partial charge in [0.25, 0.3) is 0 Å². The molecule has 0 radical (unpaired) electrons. The first-order valence-electron chi connectivity index (χ1n) is 20.5. The van der Waals surface area contributed by atoms with Gasteiger partial charge in [0.15, 0.2) is 5.82 Å². The molecule has 1 atom stereocenters. The molecule has 62 heavy (non-hydrogen) atoms. The number of carbonyl (C=O) groups excluding carboxylic acids is 2. The molecule has 2 amide bonds. The van der Waals surface area contributed by atoms with Gasteiger partial charge < -0.3 is 34.9 Å². The summed E-state index contributed by atoms with van der Waals surface area (Å²) in [4.78, 5) is 36.1. The number of anilines is 3. The van der Waals surface area contributed by atoms with E-state index in [2.05, 4.69) is 45.0 Å². The Kier molecular flexibility index (Phi) is 13.7. The van der Waals surface area contributed by atoms with Gasteiger partial charge in [-0.2, -0.15) is 0 Å². The van der Waals surface area contributed by atoms with Crippen molar-refractivity contribution in [2.24, 2.45) is 4.99 Å². The summed E-state index contributed by atoms with van der Waals surface area (Å²) in [5.74, 6) is 2.60. The number of aromatic nitrogens is 4. The molecule has 0 saturated heterocycles. The topological polar surface area (TPSA) is 163 Å². The van der Waals surface area contributed by atoms with Gasteiger partial charge in [-0.3, -0.25) is 19.1 Å². The molecular weight excluding hydrogens is 828 g/mol. The lowest BCUT2D eigenvalue weighted by atomic mass is 9.99. The Morgan fingerprint density at radius 1 is 0.887 bits per heavy atom. The van der Waals surface area contributed by atoms with Crippen molar-refractivity contribution < 1.29 is 28.5 Å². The molecule has 6 aromatic rings. The first-order chi connectivity index (χ1) is 30.2. The van der Waals surface area contributed by atoms with Crippen LogP contribution >= 0.6 is 22.9 Å². The second-order valence-electron chi connectivity index (χ2n) is 14.8. The van der Waals surface area contributed by atoms with Crippen molar-refractivity contribution >= 4 is 57.7 Å². The first-order valence-corrected chi connectivity index (χ1v) is 21.7. The monoisotopic (exact) mass is 874 g/mol. The fourth-order valence-corrected chi connectivity index (χ4v) is 8.67. The van der Waals surface area contributed by atoms with Gasteiger partial charge in [-0.15, -0.1) is 21.5 Å². The minimum atomic E-state index is -0.570. The maximum absolute atomic E-state index is 13.5. The summed E-state index contributed by atoms with van der Waals surface area (Å²) in [5.41, 5.74) is 8.33. The van der Waals surface area contributed by atoms with Crippen LogP contribution < -0.4 is 20.7 Å². The van der Waals surface area contributed by atoms with Crippen LogP contribution in [0.15, 0.2) is 90.1 Å². The van der Waals surface area contributed by atoms with Gasteiger partial charge in [0.05, 0.1) is 58.2 Å². The summed E-state index contributed by atoms with van der Waals surface area (Å²) in [6.07, 6.45) is 2.21. The standard InChI is InChI=1S/C46H47ClN8O6S/c1-28-29(2)62-46-42(28)43(31-6-9-34(47)10-7-31)52-39(45-54-53-30(3)55(45)46)27-41(57)50-35-11-13-36(14-12-35)61-24-23-60-22-21-59-20-19-58-18-17-49-44-37(5-4-16-48-44)32-8-15-38-33(25-32)26-40(56)51-38/h4-16,25,39H,17-24,26-27H2,1-3H3,(H,48,49)(H,50,57)(H,51,56)/t39-/m0/s1. The maximum Gasteiger partial charge on any atom is 0.228 e. The molecule has 3 aromatic heterocycles. The molecule has 0 fully saturated rings. The Morgan fingerprint density at radius 2 is 1.61 bits per heavy atom. The van der Waals surface area contributed by atoms with E-state index in [1.807, 2.05) is 78.2 Å². The Hall–Kier alpha value is -5.97. The fraction of sp³-hybridized carbons (Fsp3) is 0.304. The number of nitrogens with zero attached hydrogens (tertiary/aromatic N) is 5. The highest BCUT2D eigenvalue weighted by Gasteiger charge is 2.32. The number of nitrogens with one attached hydrogen (secondary N) is 3. The zero-order valence-electron chi connectivity index (χ0n) is 34.7. The second kappa shape index (κ2) is 19.8. The Labute approximate surface area is 368 Å². The molecule has 3 aromatic carbocycles. The predicted molar refractivity (Wildman–Crippen MR) is 241 cm³/mol. The number of aliphatic imine (C=N–C) groups is 1. The lowest BCUT2D eigenvalue weighted by Crippen LogP contribution is -2.17. The number of hydrogen-bond acceptors (Lipinski definition) is 12. The summed E-state index contributed by atoms with van der Waals surface area (Å²) in [7, 11) is 0. The second-order valence-corrected chi connectivity index (χ2v) is 16.4. The quantitative estimate of drug-likeness (QED) is 0.0682. The largest absolute Gasteiger partial charge is 0.491 e. The van der Waals surface area contributed by atoms with E-state index in [0.717, 1.165) is 61.4 Å². The highest BCUT2D eigenvalue weighted by Crippen LogP contribution is 2.40. The molecule has 0 aliphatic carbocycles. The van der Waals surface area contributed by atoms with Crippen molar-refractivity contribution in [3.05, 3.63) is 129 Å². The molecule has 320 valence electrons. The van der Waals surface area contributed by atoms with Crippen LogP contribution in [0.5, 0.6) is 5.75 Å². The van der Waals surface area contributed by atoms with E-state index in [1.54, 1.807) is 29.7 Å². The van der Waals surface area contributed by atoms with Crippen LogP contribution in [-0.4, -0.2) is 90.1 Å². The van der Waals surface area contributed by atoms with Crippen molar-refractivity contribution in [2.75, 3.05) is 68.7 Å². The van der Waals surface area contributed by atoms with Gasteiger partial charge in [0.1, 0.15) is 35.0 Å². The normalized spacial score (nSPS) is 14.0. The Balaban J connectivity index is 0.722. The van der Waals surface area contributed by atoms with E-state index in [4.69, 9.17) is 35.5 Å². The number of ether oxygens (including phenoxy) is 4. The summed E-state index contributed by atoms with van der Waals surface area (Å²) in [6.45, 7) is 9.74. The molecule has 8 rings (SSSR count). The number of thiophene rings is 1. The molecule has 0 bridgehead atoms. The molecule has 0 unspecified atom stereocenters. The highest BCUT2D eigenvalue weighted by molar-refractivity contribution is 7.15. The van der Waals surface area contributed by atoms with Gasteiger partial charge in [-0.25, -0.2) is 4.98 Å². The molecule has 2 aliphatic rings. The summed E-state index contributed by atoms with van der Waals surface area (Å²) in [5, 5.41) is 19.8. The van der Waals surface area contributed by atoms with Gasteiger partial charge in [0, 0.05) is 50.7 Å². The van der Waals surface area contributed by atoms with Crippen molar-refractivity contribution in [3.8, 4) is 21.9 Å². The van der Waals surface area contributed by atoms with Crippen LogP contribution in [0.25, 0.3) is 16.1 Å². The van der Waals surface area contributed by atoms with E-state index in [1.165, 1.54) is 4.88 Å². The lowest BCUT2D eigenvalue weighted by molar-refractivity contribution is -0.117. The van der Waals surface area contributed by atoms with E-state index in [0.29, 0.717) is 81.5 Å². The van der Waals surface area contributed by atoms with Crippen LogP contribution in [0, 0.1) is 20.8 Å². The average molecular weight is 875 g/mol. The maximum atomic E-state index is 13.5. The van der Waals surface area contributed by atoms with Crippen LogP contribution in [0.2, 0.25) is 5.02 Å². The number of halogens is 1. The van der Waals surface area contributed by atoms with Crippen molar-refractivity contribution in [2.45, 2.75) is 39.7 Å². The van der Waals surface area contributed by atoms with Gasteiger partial charge in [-0.05, 0) is 98.1 Å². The lowest BCUT2D eigenvalue weighted by Gasteiger charge is -2.13. The molecule has 0 spiro atoms. The van der Waals surface area contributed by atoms with E-state index >= 15 is 0 Å². The first kappa shape index (κ1) is 42.7. The number of hydrogen-bond donors (Lipinski definition) is 3. The molecular formula is C46H47ClN8O6S. The van der Waals surface area contributed by atoms with Gasteiger partial charge >= 0.3 is 0 Å². The summed E-state index contributed by atoms with van der Waals surface area (Å²) < 4.78 is 24.9. The number of pyridine rings is 1. The number of aryl methyl sites for hydroxylation is 2. The molecule has 5 heterocycles. The number of rotatable bonds is 19. The Morgan fingerprint density at radius 3 is 2.39 bits per heavy atom. The third-order valence-corrected chi connectivity index (χ3v) is 11.9. The van der Waals surface area contributed by atoms with Crippen LogP contribution in [0.3, 0.4) is 0 Å². The van der Waals surface area contributed by atoms with E-state index < -0.39 is 6.04 Å². The average Bonchev–Trinajstić information content (AvgIpc) is 3.91. The van der Waals surface area contributed by atoms with Crippen LogP contribution in [0.1, 0.15) is 51.2 Å². The number of amides is 2. The number of carbonyl (C=O) groups is 2. The highest BCUT2D eigenvalue weighted by atomic mass is 35.5. The van der Waals surface area contributed by atoms with Crippen molar-refractivity contribution in [1.82, 2.24) is 19.7 Å². The third-order valence-electron chi connectivity index (χ3n) is 10.5. The summed E-state index contributed by atoms with van der Waals surface area (Å²) in [6, 6.07) is 24.2. The van der Waals surface area contributed by atoms with Crippen molar-refractivity contribution in [3.63, 3.8) is 0 Å². The SMILES string of the molecule is Cc1sc2c(c1C)C(c1ccc(Cl)cc1)=N[C@@H](CC(=O)Nc1ccc(OCCOCCOCCOCCNc3ncccc3-c3ccc4c(c3)CC(=O)N4)cc1)c1nnc(C)n1-2. The van der Waals surface area contributed by atoms with Crippen LogP contribution in [0.4, 0.5) is 17.2 Å². The predicted octanol–water partition coefficient (Wildman–Crippen LogP) is 7.93. The molecule has 2 aliphatic heterocycles. The number of fused-ring (bicyclic) bond motifs is 4. The van der Waals surface area contributed by atoms with Crippen molar-refractivity contribution in [1.29, 1.82) is 0 Å². The molecule has 14 nitrogen and oxygen atoms in total. The minimum absolute atomic E-state index is 0.0147. The Bertz CT molecular complexity index is 2580. The zero-order valence-corrected chi connectivity index (χ0v) is 36.3. The van der Waals surface area contributed by atoms with Crippen LogP contribution in [-0.2, 0) is 30.2 Å².